The number of carbonyl (C=O) groups excluding carboxylic acids is 1. The summed E-state index contributed by atoms with van der Waals surface area (Å²) in [5.74, 6) is 0. The molecule has 0 radical (unpaired) electrons. The molecule has 0 saturated heterocycles. The second-order valence-corrected chi connectivity index (χ2v) is 6.48. The highest BCUT2D eigenvalue weighted by atomic mass is 16.1. The molecule has 4 rings (SSSR count). The van der Waals surface area contributed by atoms with Gasteiger partial charge in [-0.05, 0) is 47.7 Å². The Hall–Kier alpha value is -3.13. The summed E-state index contributed by atoms with van der Waals surface area (Å²) in [7, 11) is 0. The van der Waals surface area contributed by atoms with Crippen molar-refractivity contribution in [1.29, 1.82) is 0 Å². The van der Waals surface area contributed by atoms with Crippen LogP contribution in [0.15, 0.2) is 66.7 Å². The number of aromatic nitrogens is 1. The van der Waals surface area contributed by atoms with Gasteiger partial charge in [0.05, 0.1) is 5.69 Å². The third-order valence-electron chi connectivity index (χ3n) is 4.68. The van der Waals surface area contributed by atoms with Crippen molar-refractivity contribution in [1.82, 2.24) is 4.98 Å². The maximum absolute atomic E-state index is 11.8. The maximum atomic E-state index is 11.8. The number of hydrogen-bond donors (Lipinski definition) is 1. The van der Waals surface area contributed by atoms with Crippen LogP contribution in [-0.2, 0) is 0 Å². The molecule has 0 bridgehead atoms. The van der Waals surface area contributed by atoms with Gasteiger partial charge in [-0.2, -0.15) is 0 Å². The molecule has 1 N–H and O–H groups in total. The first-order chi connectivity index (χ1) is 12.2. The van der Waals surface area contributed by atoms with Crippen LogP contribution in [0.2, 0.25) is 0 Å². The summed E-state index contributed by atoms with van der Waals surface area (Å²) in [6.45, 7) is 4.13. The van der Waals surface area contributed by atoms with Gasteiger partial charge in [0.25, 0.3) is 0 Å². The van der Waals surface area contributed by atoms with Gasteiger partial charge in [-0.25, -0.2) is 0 Å². The van der Waals surface area contributed by atoms with Crippen molar-refractivity contribution in [2.24, 2.45) is 0 Å². The zero-order valence-corrected chi connectivity index (χ0v) is 14.3. The maximum Gasteiger partial charge on any atom is 0.152 e. The van der Waals surface area contributed by atoms with Crippen LogP contribution in [-0.4, -0.2) is 11.3 Å². The predicted molar refractivity (Wildman–Crippen MR) is 104 cm³/mol. The first kappa shape index (κ1) is 15.4. The highest BCUT2D eigenvalue weighted by Crippen LogP contribution is 2.33. The van der Waals surface area contributed by atoms with Gasteiger partial charge in [-0.3, -0.25) is 4.79 Å². The Morgan fingerprint density at radius 2 is 1.44 bits per heavy atom. The zero-order valence-electron chi connectivity index (χ0n) is 14.3. The molecule has 0 saturated carbocycles. The van der Waals surface area contributed by atoms with Gasteiger partial charge in [0.1, 0.15) is 0 Å². The van der Waals surface area contributed by atoms with Crippen LogP contribution >= 0.6 is 0 Å². The summed E-state index contributed by atoms with van der Waals surface area (Å²) in [6, 6.07) is 22.8. The van der Waals surface area contributed by atoms with Gasteiger partial charge >= 0.3 is 0 Å². The van der Waals surface area contributed by atoms with Crippen molar-refractivity contribution in [3.8, 4) is 22.4 Å². The summed E-state index contributed by atoms with van der Waals surface area (Å²) in [6.07, 6.45) is 0.960. The fourth-order valence-electron chi connectivity index (χ4n) is 3.56. The smallest absolute Gasteiger partial charge is 0.152 e. The lowest BCUT2D eigenvalue weighted by Gasteiger charge is -2.04. The second-order valence-electron chi connectivity index (χ2n) is 6.48. The fraction of sp³-hybridized carbons (Fsp3) is 0.0870. The summed E-state index contributed by atoms with van der Waals surface area (Å²) in [5.41, 5.74) is 8.33. The largest absolute Gasteiger partial charge is 0.354 e. The van der Waals surface area contributed by atoms with Gasteiger partial charge in [0, 0.05) is 16.5 Å². The van der Waals surface area contributed by atoms with Gasteiger partial charge in [-0.1, -0.05) is 60.7 Å². The minimum absolute atomic E-state index is 0.736. The minimum Gasteiger partial charge on any atom is -0.354 e. The van der Waals surface area contributed by atoms with E-state index in [9.17, 15) is 4.79 Å². The monoisotopic (exact) mass is 325 g/mol. The molecule has 0 spiro atoms. The Kier molecular flexibility index (Phi) is 3.73. The van der Waals surface area contributed by atoms with Crippen LogP contribution < -0.4 is 0 Å². The molecule has 2 heteroatoms. The predicted octanol–water partition coefficient (Wildman–Crippen LogP) is 5.93. The number of aromatic amines is 1. The molecular formula is C23H19NO. The normalized spacial score (nSPS) is 11.0. The van der Waals surface area contributed by atoms with E-state index in [4.69, 9.17) is 0 Å². The van der Waals surface area contributed by atoms with Gasteiger partial charge < -0.3 is 4.98 Å². The Bertz CT molecular complexity index is 1060. The average molecular weight is 325 g/mol. The van der Waals surface area contributed by atoms with Gasteiger partial charge in [0.15, 0.2) is 6.29 Å². The van der Waals surface area contributed by atoms with Crippen LogP contribution in [0, 0.1) is 13.8 Å². The van der Waals surface area contributed by atoms with Crippen LogP contribution in [0.4, 0.5) is 0 Å². The van der Waals surface area contributed by atoms with E-state index in [-0.39, 0.29) is 0 Å². The molecule has 0 atom stereocenters. The van der Waals surface area contributed by atoms with E-state index in [1.54, 1.807) is 0 Å². The van der Waals surface area contributed by atoms with E-state index >= 15 is 0 Å². The molecule has 0 amide bonds. The van der Waals surface area contributed by atoms with E-state index in [1.165, 1.54) is 16.7 Å². The number of rotatable bonds is 3. The van der Waals surface area contributed by atoms with Crippen LogP contribution in [0.5, 0.6) is 0 Å². The topological polar surface area (TPSA) is 32.9 Å². The number of carbonyl (C=O) groups is 1. The second kappa shape index (κ2) is 6.06. The zero-order chi connectivity index (χ0) is 17.4. The first-order valence-electron chi connectivity index (χ1n) is 8.41. The van der Waals surface area contributed by atoms with E-state index in [2.05, 4.69) is 67.4 Å². The highest BCUT2D eigenvalue weighted by molar-refractivity contribution is 6.06. The third-order valence-corrected chi connectivity index (χ3v) is 4.68. The van der Waals surface area contributed by atoms with Crippen LogP contribution in [0.3, 0.4) is 0 Å². The fourth-order valence-corrected chi connectivity index (χ4v) is 3.56. The van der Waals surface area contributed by atoms with Crippen molar-refractivity contribution < 1.29 is 4.79 Å². The molecule has 0 aliphatic rings. The number of H-pyrrole nitrogens is 1. The quantitative estimate of drug-likeness (QED) is 0.465. The standard InChI is InChI=1S/C23H19NO/c1-15-12-16(2)22-20(14-25)23(24-21(22)13-15)19-10-8-18(9-11-19)17-6-4-3-5-7-17/h3-14,24H,1-2H3. The van der Waals surface area contributed by atoms with E-state index in [0.29, 0.717) is 0 Å². The lowest BCUT2D eigenvalue weighted by molar-refractivity contribution is 0.112. The van der Waals surface area contributed by atoms with Crippen LogP contribution in [0.1, 0.15) is 21.5 Å². The Labute approximate surface area is 147 Å². The highest BCUT2D eigenvalue weighted by Gasteiger charge is 2.15. The molecular weight excluding hydrogens is 306 g/mol. The van der Waals surface area contributed by atoms with Crippen molar-refractivity contribution in [3.05, 3.63) is 83.4 Å². The Morgan fingerprint density at radius 3 is 2.12 bits per heavy atom. The van der Waals surface area contributed by atoms with Crippen molar-refractivity contribution in [3.63, 3.8) is 0 Å². The molecule has 0 unspecified atom stereocenters. The summed E-state index contributed by atoms with van der Waals surface area (Å²) < 4.78 is 0. The molecule has 3 aromatic carbocycles. The molecule has 0 aliphatic carbocycles. The average Bonchev–Trinajstić information content (AvgIpc) is 3.01. The molecule has 1 heterocycles. The van der Waals surface area contributed by atoms with Crippen molar-refractivity contribution in [2.45, 2.75) is 13.8 Å². The number of aldehydes is 1. The number of benzene rings is 3. The molecule has 4 aromatic rings. The van der Waals surface area contributed by atoms with E-state index in [0.717, 1.165) is 39.6 Å². The summed E-state index contributed by atoms with van der Waals surface area (Å²) in [5, 5.41) is 1.02. The Balaban J connectivity index is 1.85. The SMILES string of the molecule is Cc1cc(C)c2c(C=O)c(-c3ccc(-c4ccccc4)cc3)[nH]c2c1. The van der Waals surface area contributed by atoms with Gasteiger partial charge in [-0.15, -0.1) is 0 Å². The summed E-state index contributed by atoms with van der Waals surface area (Å²) >= 11 is 0. The van der Waals surface area contributed by atoms with E-state index in [1.807, 2.05) is 18.2 Å². The van der Waals surface area contributed by atoms with Crippen LogP contribution in [0.25, 0.3) is 33.3 Å². The summed E-state index contributed by atoms with van der Waals surface area (Å²) in [4.78, 5) is 15.2. The molecule has 1 aromatic heterocycles. The minimum atomic E-state index is 0.736. The lowest BCUT2D eigenvalue weighted by atomic mass is 9.99. The third kappa shape index (κ3) is 2.66. The van der Waals surface area contributed by atoms with E-state index < -0.39 is 0 Å². The molecule has 25 heavy (non-hydrogen) atoms. The first-order valence-corrected chi connectivity index (χ1v) is 8.41. The van der Waals surface area contributed by atoms with Crippen molar-refractivity contribution >= 4 is 17.2 Å². The number of fused-ring (bicyclic) bond motifs is 1. The number of aryl methyl sites for hydroxylation is 2. The molecule has 0 fully saturated rings. The van der Waals surface area contributed by atoms with Crippen molar-refractivity contribution in [2.75, 3.05) is 0 Å². The molecule has 122 valence electrons. The number of nitrogens with one attached hydrogen (secondary N) is 1. The molecule has 2 nitrogen and oxygen atoms in total. The Morgan fingerprint density at radius 1 is 0.800 bits per heavy atom. The lowest BCUT2D eigenvalue weighted by Crippen LogP contribution is -1.86. The number of hydrogen-bond acceptors (Lipinski definition) is 1. The molecule has 0 aliphatic heterocycles. The van der Waals surface area contributed by atoms with Gasteiger partial charge in [0.2, 0.25) is 0 Å².